The number of rotatable bonds is 5. The first-order valence-electron chi connectivity index (χ1n) is 5.97. The average Bonchev–Trinajstić information content (AvgIpc) is 2.88. The number of aromatic hydroxyl groups is 1. The minimum absolute atomic E-state index is 0.252. The Labute approximate surface area is 121 Å². The summed E-state index contributed by atoms with van der Waals surface area (Å²) >= 11 is 7.52. The molecule has 1 heterocycles. The Bertz CT molecular complexity index is 543. The summed E-state index contributed by atoms with van der Waals surface area (Å²) in [6.45, 7) is 2.71. The van der Waals surface area contributed by atoms with Crippen molar-refractivity contribution >= 4 is 22.9 Å². The van der Waals surface area contributed by atoms with Gasteiger partial charge in [0.2, 0.25) is 0 Å². The molecular formula is C14H16ClNO2S. The quantitative estimate of drug-likeness (QED) is 0.794. The van der Waals surface area contributed by atoms with E-state index in [1.807, 2.05) is 23.8 Å². The molecule has 0 bridgehead atoms. The number of halogens is 1. The van der Waals surface area contributed by atoms with Gasteiger partial charge in [0.15, 0.2) is 0 Å². The Kier molecular flexibility index (Phi) is 4.82. The zero-order chi connectivity index (χ0) is 13.8. The first-order valence-corrected chi connectivity index (χ1v) is 7.29. The van der Waals surface area contributed by atoms with Crippen LogP contribution in [0.3, 0.4) is 0 Å². The lowest BCUT2D eigenvalue weighted by Gasteiger charge is -2.12. The van der Waals surface area contributed by atoms with E-state index in [-0.39, 0.29) is 5.75 Å². The Morgan fingerprint density at radius 1 is 1.42 bits per heavy atom. The fourth-order valence-electron chi connectivity index (χ4n) is 1.87. The van der Waals surface area contributed by atoms with E-state index in [0.29, 0.717) is 18.1 Å². The number of aliphatic hydroxyl groups is 1. The molecule has 0 aliphatic carbocycles. The third-order valence-electron chi connectivity index (χ3n) is 2.93. The van der Waals surface area contributed by atoms with Gasteiger partial charge in [0.1, 0.15) is 5.75 Å². The first kappa shape index (κ1) is 14.3. The number of aliphatic hydroxyl groups excluding tert-OH is 1. The van der Waals surface area contributed by atoms with Gasteiger partial charge in [-0.15, -0.1) is 0 Å². The van der Waals surface area contributed by atoms with E-state index in [4.69, 9.17) is 11.6 Å². The van der Waals surface area contributed by atoms with Crippen LogP contribution in [0, 0.1) is 6.92 Å². The van der Waals surface area contributed by atoms with E-state index >= 15 is 0 Å². The highest BCUT2D eigenvalue weighted by Gasteiger charge is 2.09. The molecule has 0 saturated heterocycles. The normalized spacial score (nSPS) is 12.6. The molecule has 2 aromatic rings. The first-order chi connectivity index (χ1) is 9.08. The molecule has 1 atom stereocenters. The summed E-state index contributed by atoms with van der Waals surface area (Å²) in [5, 5.41) is 27.4. The second-order valence-electron chi connectivity index (χ2n) is 4.43. The second-order valence-corrected chi connectivity index (χ2v) is 5.65. The van der Waals surface area contributed by atoms with Crippen molar-refractivity contribution in [2.75, 3.05) is 6.54 Å². The molecule has 0 radical (unpaired) electrons. The van der Waals surface area contributed by atoms with Crippen LogP contribution in [0.4, 0.5) is 0 Å². The molecule has 0 amide bonds. The lowest BCUT2D eigenvalue weighted by molar-refractivity contribution is 0.174. The largest absolute Gasteiger partial charge is 0.507 e. The molecule has 19 heavy (non-hydrogen) atoms. The van der Waals surface area contributed by atoms with Crippen LogP contribution in [0.25, 0.3) is 0 Å². The smallest absolute Gasteiger partial charge is 0.123 e. The van der Waals surface area contributed by atoms with E-state index in [1.54, 1.807) is 23.5 Å². The van der Waals surface area contributed by atoms with Crippen molar-refractivity contribution in [3.05, 3.63) is 50.7 Å². The molecule has 1 unspecified atom stereocenters. The van der Waals surface area contributed by atoms with Crippen LogP contribution in [0.15, 0.2) is 29.0 Å². The van der Waals surface area contributed by atoms with Crippen LogP contribution < -0.4 is 5.32 Å². The molecule has 102 valence electrons. The maximum Gasteiger partial charge on any atom is 0.123 e. The highest BCUT2D eigenvalue weighted by atomic mass is 35.5. The van der Waals surface area contributed by atoms with E-state index in [2.05, 4.69) is 5.32 Å². The Morgan fingerprint density at radius 2 is 2.21 bits per heavy atom. The maximum absolute atomic E-state index is 9.92. The van der Waals surface area contributed by atoms with E-state index < -0.39 is 6.10 Å². The number of nitrogens with one attached hydrogen (secondary N) is 1. The predicted molar refractivity (Wildman–Crippen MR) is 78.8 cm³/mol. The molecule has 0 aliphatic heterocycles. The molecule has 3 nitrogen and oxygen atoms in total. The SMILES string of the molecule is Cc1cc(Cl)cc(CNCC(O)c2ccsc2)c1O. The van der Waals surface area contributed by atoms with Gasteiger partial charge in [-0.2, -0.15) is 11.3 Å². The summed E-state index contributed by atoms with van der Waals surface area (Å²) < 4.78 is 0. The highest BCUT2D eigenvalue weighted by molar-refractivity contribution is 7.07. The monoisotopic (exact) mass is 297 g/mol. The zero-order valence-corrected chi connectivity index (χ0v) is 12.1. The van der Waals surface area contributed by atoms with Crippen molar-refractivity contribution in [1.82, 2.24) is 5.32 Å². The van der Waals surface area contributed by atoms with E-state index in [9.17, 15) is 10.2 Å². The number of hydrogen-bond acceptors (Lipinski definition) is 4. The molecule has 0 aliphatic rings. The summed E-state index contributed by atoms with van der Waals surface area (Å²) in [6, 6.07) is 5.35. The van der Waals surface area contributed by atoms with E-state index in [0.717, 1.165) is 16.7 Å². The Morgan fingerprint density at radius 3 is 2.89 bits per heavy atom. The number of aryl methyl sites for hydroxylation is 1. The predicted octanol–water partition coefficient (Wildman–Crippen LogP) is 3.24. The van der Waals surface area contributed by atoms with Gasteiger partial charge in [-0.05, 0) is 47.0 Å². The van der Waals surface area contributed by atoms with Gasteiger partial charge in [0, 0.05) is 23.7 Å². The third kappa shape index (κ3) is 3.70. The minimum Gasteiger partial charge on any atom is -0.507 e. The van der Waals surface area contributed by atoms with Gasteiger partial charge in [-0.1, -0.05) is 11.6 Å². The third-order valence-corrected chi connectivity index (χ3v) is 3.84. The molecule has 1 aromatic heterocycles. The topological polar surface area (TPSA) is 52.5 Å². The van der Waals surface area contributed by atoms with Crippen LogP contribution in [0.2, 0.25) is 5.02 Å². The van der Waals surface area contributed by atoms with E-state index in [1.165, 1.54) is 0 Å². The molecule has 2 rings (SSSR count). The fraction of sp³-hybridized carbons (Fsp3) is 0.286. The van der Waals surface area contributed by atoms with Crippen LogP contribution in [0.5, 0.6) is 5.75 Å². The van der Waals surface area contributed by atoms with Crippen molar-refractivity contribution < 1.29 is 10.2 Å². The van der Waals surface area contributed by atoms with Gasteiger partial charge < -0.3 is 15.5 Å². The second kappa shape index (κ2) is 6.39. The number of phenolic OH excluding ortho intramolecular Hbond substituents is 1. The van der Waals surface area contributed by atoms with Crippen molar-refractivity contribution in [2.24, 2.45) is 0 Å². The summed E-state index contributed by atoms with van der Waals surface area (Å²) in [4.78, 5) is 0. The average molecular weight is 298 g/mol. The molecule has 1 aromatic carbocycles. The van der Waals surface area contributed by atoms with Crippen LogP contribution in [0.1, 0.15) is 22.8 Å². The summed E-state index contributed by atoms with van der Waals surface area (Å²) in [6.07, 6.45) is -0.534. The molecule has 0 fully saturated rings. The Balaban J connectivity index is 1.93. The molecular weight excluding hydrogens is 282 g/mol. The highest BCUT2D eigenvalue weighted by Crippen LogP contribution is 2.26. The summed E-state index contributed by atoms with van der Waals surface area (Å²) in [5.74, 6) is 0.252. The van der Waals surface area contributed by atoms with Crippen molar-refractivity contribution in [1.29, 1.82) is 0 Å². The van der Waals surface area contributed by atoms with Gasteiger partial charge in [0.05, 0.1) is 6.10 Å². The number of hydrogen-bond donors (Lipinski definition) is 3. The summed E-state index contributed by atoms with van der Waals surface area (Å²) in [7, 11) is 0. The van der Waals surface area contributed by atoms with Gasteiger partial charge in [-0.3, -0.25) is 0 Å². The molecule has 0 spiro atoms. The number of thiophene rings is 1. The zero-order valence-electron chi connectivity index (χ0n) is 10.6. The van der Waals surface area contributed by atoms with Gasteiger partial charge in [0.25, 0.3) is 0 Å². The Hall–Kier alpha value is -1.07. The van der Waals surface area contributed by atoms with Crippen LogP contribution in [-0.4, -0.2) is 16.8 Å². The minimum atomic E-state index is -0.534. The molecule has 0 saturated carbocycles. The number of benzene rings is 1. The summed E-state index contributed by atoms with van der Waals surface area (Å²) in [5.41, 5.74) is 2.40. The lowest BCUT2D eigenvalue weighted by Crippen LogP contribution is -2.20. The van der Waals surface area contributed by atoms with Crippen LogP contribution in [-0.2, 0) is 6.54 Å². The van der Waals surface area contributed by atoms with Gasteiger partial charge >= 0.3 is 0 Å². The van der Waals surface area contributed by atoms with Crippen molar-refractivity contribution in [3.63, 3.8) is 0 Å². The van der Waals surface area contributed by atoms with Crippen molar-refractivity contribution in [3.8, 4) is 5.75 Å². The maximum atomic E-state index is 9.92. The number of phenols is 1. The standard InChI is InChI=1S/C14H16ClNO2S/c1-9-4-12(15)5-11(14(9)18)6-16-7-13(17)10-2-3-19-8-10/h2-5,8,13,16-18H,6-7H2,1H3. The molecule has 5 heteroatoms. The van der Waals surface area contributed by atoms with Crippen LogP contribution >= 0.6 is 22.9 Å². The lowest BCUT2D eigenvalue weighted by atomic mass is 10.1. The van der Waals surface area contributed by atoms with Gasteiger partial charge in [-0.25, -0.2) is 0 Å². The molecule has 3 N–H and O–H groups in total. The van der Waals surface area contributed by atoms with Crippen molar-refractivity contribution in [2.45, 2.75) is 19.6 Å². The fourth-order valence-corrected chi connectivity index (χ4v) is 2.87.